The third-order valence-corrected chi connectivity index (χ3v) is 3.18. The summed E-state index contributed by atoms with van der Waals surface area (Å²) in [6.45, 7) is 2.42. The third-order valence-electron chi connectivity index (χ3n) is 3.18. The monoisotopic (exact) mass is 308 g/mol. The molecule has 0 unspecified atom stereocenters. The molecule has 0 spiro atoms. The second-order valence-electron chi connectivity index (χ2n) is 4.77. The lowest BCUT2D eigenvalue weighted by atomic mass is 10.2. The van der Waals surface area contributed by atoms with Crippen LogP contribution >= 0.6 is 0 Å². The van der Waals surface area contributed by atoms with Gasteiger partial charge < -0.3 is 10.1 Å². The van der Waals surface area contributed by atoms with Crippen LogP contribution in [-0.2, 0) is 0 Å². The molecule has 0 atom stereocenters. The zero-order chi connectivity index (χ0) is 16.1. The van der Waals surface area contributed by atoms with Gasteiger partial charge >= 0.3 is 0 Å². The van der Waals surface area contributed by atoms with Crippen LogP contribution < -0.4 is 10.1 Å². The van der Waals surface area contributed by atoms with E-state index in [1.165, 1.54) is 0 Å². The Morgan fingerprint density at radius 3 is 2.78 bits per heavy atom. The van der Waals surface area contributed by atoms with E-state index in [4.69, 9.17) is 4.74 Å². The molecule has 2 heterocycles. The summed E-state index contributed by atoms with van der Waals surface area (Å²) < 4.78 is 5.50. The van der Waals surface area contributed by atoms with E-state index >= 15 is 0 Å². The molecule has 116 valence electrons. The minimum Gasteiger partial charge on any atom is -0.492 e. The number of hydrogen-bond acceptors (Lipinski definition) is 4. The lowest BCUT2D eigenvalue weighted by molar-refractivity contribution is 0.102. The number of benzene rings is 1. The van der Waals surface area contributed by atoms with Gasteiger partial charge in [-0.2, -0.15) is 5.10 Å². The van der Waals surface area contributed by atoms with Gasteiger partial charge in [-0.1, -0.05) is 18.2 Å². The summed E-state index contributed by atoms with van der Waals surface area (Å²) in [5.41, 5.74) is 2.30. The minimum absolute atomic E-state index is 0.285. The van der Waals surface area contributed by atoms with Crippen LogP contribution in [0, 0.1) is 0 Å². The lowest BCUT2D eigenvalue weighted by Gasteiger charge is -2.10. The molecular weight excluding hydrogens is 292 g/mol. The van der Waals surface area contributed by atoms with Gasteiger partial charge in [0.1, 0.15) is 17.1 Å². The number of carbonyl (C=O) groups excluding carboxylic acids is 1. The quantitative estimate of drug-likeness (QED) is 0.759. The molecule has 6 nitrogen and oxygen atoms in total. The Kier molecular flexibility index (Phi) is 4.33. The smallest absolute Gasteiger partial charge is 0.273 e. The Hall–Kier alpha value is -3.15. The molecule has 2 aromatic heterocycles. The number of carbonyl (C=O) groups is 1. The normalized spacial score (nSPS) is 10.3. The zero-order valence-electron chi connectivity index (χ0n) is 12.6. The van der Waals surface area contributed by atoms with E-state index in [9.17, 15) is 4.79 Å². The van der Waals surface area contributed by atoms with Crippen LogP contribution in [0.15, 0.2) is 54.7 Å². The lowest BCUT2D eigenvalue weighted by Crippen LogP contribution is -2.13. The Bertz CT molecular complexity index is 799. The van der Waals surface area contributed by atoms with Crippen molar-refractivity contribution >= 4 is 11.6 Å². The van der Waals surface area contributed by atoms with Gasteiger partial charge in [0, 0.05) is 6.20 Å². The van der Waals surface area contributed by atoms with Crippen LogP contribution in [0.3, 0.4) is 0 Å². The standard InChI is InChI=1S/C17H16N4O2/c1-2-23-16-9-4-3-8-13(16)19-17(22)15-11-14(20-21-15)12-7-5-6-10-18-12/h3-11H,2H2,1H3,(H,19,22)(H,20,21). The predicted molar refractivity (Wildman–Crippen MR) is 87.4 cm³/mol. The summed E-state index contributed by atoms with van der Waals surface area (Å²) in [4.78, 5) is 16.6. The Morgan fingerprint density at radius 2 is 2.00 bits per heavy atom. The molecule has 3 rings (SSSR count). The van der Waals surface area contributed by atoms with Crippen molar-refractivity contribution in [2.45, 2.75) is 6.92 Å². The highest BCUT2D eigenvalue weighted by Crippen LogP contribution is 2.24. The van der Waals surface area contributed by atoms with E-state index in [2.05, 4.69) is 20.5 Å². The van der Waals surface area contributed by atoms with E-state index in [0.717, 1.165) is 0 Å². The predicted octanol–water partition coefficient (Wildman–Crippen LogP) is 3.12. The number of rotatable bonds is 5. The molecule has 0 aliphatic heterocycles. The van der Waals surface area contributed by atoms with Crippen molar-refractivity contribution in [1.82, 2.24) is 15.2 Å². The second-order valence-corrected chi connectivity index (χ2v) is 4.77. The number of aromatic amines is 1. The maximum atomic E-state index is 12.4. The number of H-pyrrole nitrogens is 1. The minimum atomic E-state index is -0.285. The van der Waals surface area contributed by atoms with Gasteiger partial charge in [-0.25, -0.2) is 0 Å². The van der Waals surface area contributed by atoms with Crippen molar-refractivity contribution in [3.8, 4) is 17.1 Å². The number of ether oxygens (including phenoxy) is 1. The van der Waals surface area contributed by atoms with Gasteiger partial charge in [-0.3, -0.25) is 14.9 Å². The molecule has 3 aromatic rings. The summed E-state index contributed by atoms with van der Waals surface area (Å²) in [7, 11) is 0. The first-order chi connectivity index (χ1) is 11.3. The topological polar surface area (TPSA) is 79.9 Å². The molecule has 0 aliphatic rings. The highest BCUT2D eigenvalue weighted by Gasteiger charge is 2.13. The molecule has 1 amide bonds. The fourth-order valence-corrected chi connectivity index (χ4v) is 2.12. The maximum absolute atomic E-state index is 12.4. The van der Waals surface area contributed by atoms with E-state index in [1.807, 2.05) is 43.3 Å². The van der Waals surface area contributed by atoms with Crippen LogP contribution in [0.25, 0.3) is 11.4 Å². The first kappa shape index (κ1) is 14.8. The second kappa shape index (κ2) is 6.74. The highest BCUT2D eigenvalue weighted by atomic mass is 16.5. The number of nitrogens with zero attached hydrogens (tertiary/aromatic N) is 2. The first-order valence-electron chi connectivity index (χ1n) is 7.28. The number of anilines is 1. The van der Waals surface area contributed by atoms with Gasteiger partial charge in [0.15, 0.2) is 0 Å². The van der Waals surface area contributed by atoms with E-state index in [0.29, 0.717) is 35.1 Å². The molecule has 1 aromatic carbocycles. The van der Waals surface area contributed by atoms with Crippen molar-refractivity contribution in [3.63, 3.8) is 0 Å². The van der Waals surface area contributed by atoms with Crippen LogP contribution in [0.1, 0.15) is 17.4 Å². The van der Waals surface area contributed by atoms with Crippen molar-refractivity contribution < 1.29 is 9.53 Å². The number of hydrogen-bond donors (Lipinski definition) is 2. The summed E-state index contributed by atoms with van der Waals surface area (Å²) in [5, 5.41) is 9.68. The number of aromatic nitrogens is 3. The van der Waals surface area contributed by atoms with E-state index < -0.39 is 0 Å². The average Bonchev–Trinajstić information content (AvgIpc) is 3.08. The van der Waals surface area contributed by atoms with Crippen LogP contribution in [0.2, 0.25) is 0 Å². The first-order valence-corrected chi connectivity index (χ1v) is 7.28. The molecular formula is C17H16N4O2. The molecule has 0 fully saturated rings. The summed E-state index contributed by atoms with van der Waals surface area (Å²) >= 11 is 0. The van der Waals surface area contributed by atoms with Crippen LogP contribution in [-0.4, -0.2) is 27.7 Å². The summed E-state index contributed by atoms with van der Waals surface area (Å²) in [5.74, 6) is 0.347. The van der Waals surface area contributed by atoms with Crippen LogP contribution in [0.4, 0.5) is 5.69 Å². The number of para-hydroxylation sites is 2. The van der Waals surface area contributed by atoms with Gasteiger partial charge in [-0.15, -0.1) is 0 Å². The van der Waals surface area contributed by atoms with Gasteiger partial charge in [0.05, 0.1) is 18.0 Å². The van der Waals surface area contributed by atoms with Crippen molar-refractivity contribution in [1.29, 1.82) is 0 Å². The number of pyridine rings is 1. The van der Waals surface area contributed by atoms with E-state index in [1.54, 1.807) is 18.3 Å². The molecule has 0 radical (unpaired) electrons. The van der Waals surface area contributed by atoms with E-state index in [-0.39, 0.29) is 5.91 Å². The molecule has 6 heteroatoms. The Morgan fingerprint density at radius 1 is 1.17 bits per heavy atom. The van der Waals surface area contributed by atoms with Crippen LogP contribution in [0.5, 0.6) is 5.75 Å². The molecule has 0 aliphatic carbocycles. The van der Waals surface area contributed by atoms with Crippen molar-refractivity contribution in [3.05, 3.63) is 60.4 Å². The Balaban J connectivity index is 1.78. The Labute approximate surface area is 133 Å². The van der Waals surface area contributed by atoms with Crippen molar-refractivity contribution in [2.75, 3.05) is 11.9 Å². The zero-order valence-corrected chi connectivity index (χ0v) is 12.6. The van der Waals surface area contributed by atoms with Gasteiger partial charge in [0.2, 0.25) is 0 Å². The fourth-order valence-electron chi connectivity index (χ4n) is 2.12. The molecule has 0 saturated heterocycles. The van der Waals surface area contributed by atoms with Gasteiger partial charge in [-0.05, 0) is 37.3 Å². The third kappa shape index (κ3) is 3.37. The average molecular weight is 308 g/mol. The summed E-state index contributed by atoms with van der Waals surface area (Å²) in [6, 6.07) is 14.5. The van der Waals surface area contributed by atoms with Gasteiger partial charge in [0.25, 0.3) is 5.91 Å². The largest absolute Gasteiger partial charge is 0.492 e. The molecule has 2 N–H and O–H groups in total. The molecule has 0 saturated carbocycles. The number of nitrogens with one attached hydrogen (secondary N) is 2. The molecule has 0 bridgehead atoms. The molecule has 23 heavy (non-hydrogen) atoms. The van der Waals surface area contributed by atoms with Crippen molar-refractivity contribution in [2.24, 2.45) is 0 Å². The SMILES string of the molecule is CCOc1ccccc1NC(=O)c1cc(-c2ccccn2)n[nH]1. The highest BCUT2D eigenvalue weighted by molar-refractivity contribution is 6.04. The maximum Gasteiger partial charge on any atom is 0.273 e. The number of amides is 1. The fraction of sp³-hybridized carbons (Fsp3) is 0.118. The summed E-state index contributed by atoms with van der Waals surface area (Å²) in [6.07, 6.45) is 1.68.